The highest BCUT2D eigenvalue weighted by Gasteiger charge is 2.11. The predicted octanol–water partition coefficient (Wildman–Crippen LogP) is 3.49. The minimum atomic E-state index is 0.139. The maximum absolute atomic E-state index is 12.1. The largest absolute Gasteiger partial charge is 0.464 e. The van der Waals surface area contributed by atoms with Gasteiger partial charge in [-0.1, -0.05) is 29.8 Å². The van der Waals surface area contributed by atoms with Gasteiger partial charge in [-0.15, -0.1) is 0 Å². The number of furan rings is 1. The van der Waals surface area contributed by atoms with Crippen molar-refractivity contribution in [3.05, 3.63) is 59.0 Å². The summed E-state index contributed by atoms with van der Waals surface area (Å²) < 4.78 is 5.49. The maximum atomic E-state index is 12.1. The van der Waals surface area contributed by atoms with Crippen LogP contribution in [0.3, 0.4) is 0 Å². The molecule has 2 rings (SSSR count). The van der Waals surface area contributed by atoms with E-state index in [1.165, 1.54) is 11.1 Å². The molecular weight excluding hydrogens is 250 g/mol. The lowest BCUT2D eigenvalue weighted by atomic mass is 10.1. The van der Waals surface area contributed by atoms with Crippen LogP contribution in [0.5, 0.6) is 0 Å². The third-order valence-corrected chi connectivity index (χ3v) is 3.32. The van der Waals surface area contributed by atoms with Crippen LogP contribution in [-0.4, -0.2) is 17.9 Å². The summed E-state index contributed by atoms with van der Waals surface area (Å²) in [6, 6.07) is 12.1. The molecule has 0 fully saturated rings. The Morgan fingerprint density at radius 1 is 1.20 bits per heavy atom. The molecule has 0 spiro atoms. The second-order valence-electron chi connectivity index (χ2n) is 5.25. The van der Waals surface area contributed by atoms with Crippen molar-refractivity contribution in [2.45, 2.75) is 33.2 Å². The summed E-state index contributed by atoms with van der Waals surface area (Å²) in [5, 5.41) is 0. The second-order valence-corrected chi connectivity index (χ2v) is 5.25. The molecule has 1 heterocycles. The molecule has 1 aromatic heterocycles. The molecule has 3 heteroatoms. The molecule has 20 heavy (non-hydrogen) atoms. The maximum Gasteiger partial charge on any atom is 0.223 e. The first-order valence-electron chi connectivity index (χ1n) is 6.89. The summed E-state index contributed by atoms with van der Waals surface area (Å²) in [5.74, 6) is 1.84. The molecule has 0 atom stereocenters. The number of carbonyl (C=O) groups is 1. The van der Waals surface area contributed by atoms with E-state index in [0.717, 1.165) is 17.9 Å². The Labute approximate surface area is 120 Å². The van der Waals surface area contributed by atoms with Crippen molar-refractivity contribution < 1.29 is 9.21 Å². The zero-order valence-corrected chi connectivity index (χ0v) is 12.3. The van der Waals surface area contributed by atoms with E-state index in [4.69, 9.17) is 4.42 Å². The molecule has 106 valence electrons. The Bertz CT molecular complexity index is 586. The van der Waals surface area contributed by atoms with Crippen molar-refractivity contribution in [3.63, 3.8) is 0 Å². The summed E-state index contributed by atoms with van der Waals surface area (Å²) in [6.45, 7) is 4.50. The monoisotopic (exact) mass is 271 g/mol. The van der Waals surface area contributed by atoms with Crippen LogP contribution in [-0.2, 0) is 17.8 Å². The number of rotatable bonds is 5. The molecule has 0 radical (unpaired) electrons. The molecule has 0 aliphatic heterocycles. The van der Waals surface area contributed by atoms with Crippen molar-refractivity contribution in [3.8, 4) is 0 Å². The summed E-state index contributed by atoms with van der Waals surface area (Å²) >= 11 is 0. The van der Waals surface area contributed by atoms with Crippen LogP contribution in [0.15, 0.2) is 40.8 Å². The highest BCUT2D eigenvalue weighted by molar-refractivity contribution is 5.76. The lowest BCUT2D eigenvalue weighted by molar-refractivity contribution is -0.130. The summed E-state index contributed by atoms with van der Waals surface area (Å²) in [5.41, 5.74) is 2.44. The van der Waals surface area contributed by atoms with E-state index in [9.17, 15) is 4.79 Å². The number of benzene rings is 1. The topological polar surface area (TPSA) is 33.5 Å². The predicted molar refractivity (Wildman–Crippen MR) is 79.4 cm³/mol. The van der Waals surface area contributed by atoms with E-state index in [1.807, 2.05) is 32.2 Å². The second kappa shape index (κ2) is 6.42. The molecule has 0 bridgehead atoms. The molecule has 1 aromatic carbocycles. The normalized spacial score (nSPS) is 10.6. The van der Waals surface area contributed by atoms with Gasteiger partial charge in [-0.25, -0.2) is 0 Å². The molecule has 0 aliphatic rings. The molecule has 0 N–H and O–H groups in total. The highest BCUT2D eigenvalue weighted by atomic mass is 16.3. The number of aryl methyl sites for hydroxylation is 3. The molecule has 1 amide bonds. The van der Waals surface area contributed by atoms with Gasteiger partial charge in [0.1, 0.15) is 11.5 Å². The van der Waals surface area contributed by atoms with E-state index in [-0.39, 0.29) is 5.91 Å². The fraction of sp³-hybridized carbons (Fsp3) is 0.353. The lowest BCUT2D eigenvalue weighted by Crippen LogP contribution is -2.26. The SMILES string of the molecule is Cc1cccc(CCC(=O)N(C)Cc2ccc(C)o2)c1. The molecule has 3 nitrogen and oxygen atoms in total. The van der Waals surface area contributed by atoms with Gasteiger partial charge in [0.15, 0.2) is 0 Å². The Morgan fingerprint density at radius 2 is 2.00 bits per heavy atom. The van der Waals surface area contributed by atoms with E-state index in [0.29, 0.717) is 13.0 Å². The van der Waals surface area contributed by atoms with Crippen LogP contribution in [0.4, 0.5) is 0 Å². The molecular formula is C17H21NO2. The minimum absolute atomic E-state index is 0.139. The Balaban J connectivity index is 1.85. The van der Waals surface area contributed by atoms with Crippen molar-refractivity contribution in [1.82, 2.24) is 4.90 Å². The lowest BCUT2D eigenvalue weighted by Gasteiger charge is -2.15. The van der Waals surface area contributed by atoms with Gasteiger partial charge in [-0.05, 0) is 38.0 Å². The van der Waals surface area contributed by atoms with Crippen LogP contribution < -0.4 is 0 Å². The van der Waals surface area contributed by atoms with Crippen LogP contribution in [0.1, 0.15) is 29.1 Å². The van der Waals surface area contributed by atoms with Crippen molar-refractivity contribution >= 4 is 5.91 Å². The van der Waals surface area contributed by atoms with Gasteiger partial charge in [0.2, 0.25) is 5.91 Å². The Hall–Kier alpha value is -2.03. The van der Waals surface area contributed by atoms with Crippen LogP contribution in [0, 0.1) is 13.8 Å². The molecule has 0 aliphatic carbocycles. The average molecular weight is 271 g/mol. The summed E-state index contributed by atoms with van der Waals surface area (Å²) in [4.78, 5) is 13.8. The third-order valence-electron chi connectivity index (χ3n) is 3.32. The van der Waals surface area contributed by atoms with E-state index in [2.05, 4.69) is 25.1 Å². The van der Waals surface area contributed by atoms with E-state index < -0.39 is 0 Å². The fourth-order valence-electron chi connectivity index (χ4n) is 2.20. The number of hydrogen-bond donors (Lipinski definition) is 0. The first-order valence-corrected chi connectivity index (χ1v) is 6.89. The van der Waals surface area contributed by atoms with Crippen LogP contribution in [0.25, 0.3) is 0 Å². The summed E-state index contributed by atoms with van der Waals surface area (Å²) in [6.07, 6.45) is 1.31. The van der Waals surface area contributed by atoms with Crippen LogP contribution in [0.2, 0.25) is 0 Å². The van der Waals surface area contributed by atoms with Gasteiger partial charge in [0.25, 0.3) is 0 Å². The number of amides is 1. The Morgan fingerprint density at radius 3 is 2.65 bits per heavy atom. The molecule has 2 aromatic rings. The molecule has 0 saturated heterocycles. The van der Waals surface area contributed by atoms with Gasteiger partial charge in [-0.3, -0.25) is 4.79 Å². The number of carbonyl (C=O) groups excluding carboxylic acids is 1. The van der Waals surface area contributed by atoms with Gasteiger partial charge in [0, 0.05) is 13.5 Å². The van der Waals surface area contributed by atoms with Gasteiger partial charge in [0.05, 0.1) is 6.54 Å². The van der Waals surface area contributed by atoms with Gasteiger partial charge >= 0.3 is 0 Å². The van der Waals surface area contributed by atoms with Gasteiger partial charge in [-0.2, -0.15) is 0 Å². The standard InChI is InChI=1S/C17H21NO2/c1-13-5-4-6-15(11-13)8-10-17(19)18(3)12-16-9-7-14(2)20-16/h4-7,9,11H,8,10,12H2,1-3H3. The quantitative estimate of drug-likeness (QED) is 0.834. The Kier molecular flexibility index (Phi) is 4.61. The fourth-order valence-corrected chi connectivity index (χ4v) is 2.20. The number of hydrogen-bond acceptors (Lipinski definition) is 2. The van der Waals surface area contributed by atoms with E-state index in [1.54, 1.807) is 4.90 Å². The summed E-state index contributed by atoms with van der Waals surface area (Å²) in [7, 11) is 1.82. The first kappa shape index (κ1) is 14.4. The zero-order valence-electron chi connectivity index (χ0n) is 12.3. The average Bonchev–Trinajstić information content (AvgIpc) is 2.81. The van der Waals surface area contributed by atoms with Crippen LogP contribution >= 0.6 is 0 Å². The first-order chi connectivity index (χ1) is 9.54. The van der Waals surface area contributed by atoms with Gasteiger partial charge < -0.3 is 9.32 Å². The van der Waals surface area contributed by atoms with Crippen molar-refractivity contribution in [1.29, 1.82) is 0 Å². The smallest absolute Gasteiger partial charge is 0.223 e. The highest BCUT2D eigenvalue weighted by Crippen LogP contribution is 2.11. The third kappa shape index (κ3) is 3.98. The number of nitrogens with zero attached hydrogens (tertiary/aromatic N) is 1. The molecule has 0 unspecified atom stereocenters. The van der Waals surface area contributed by atoms with Crippen molar-refractivity contribution in [2.24, 2.45) is 0 Å². The zero-order chi connectivity index (χ0) is 14.5. The van der Waals surface area contributed by atoms with E-state index >= 15 is 0 Å². The minimum Gasteiger partial charge on any atom is -0.464 e. The molecule has 0 saturated carbocycles. The van der Waals surface area contributed by atoms with Crippen molar-refractivity contribution in [2.75, 3.05) is 7.05 Å².